The van der Waals surface area contributed by atoms with Crippen LogP contribution in [0.2, 0.25) is 0 Å². The Balaban J connectivity index is 2.19. The molecule has 1 fully saturated rings. The first-order chi connectivity index (χ1) is 9.22. The monoisotopic (exact) mass is 266 g/mol. The highest BCUT2D eigenvalue weighted by Crippen LogP contribution is 2.15. The highest BCUT2D eigenvalue weighted by atomic mass is 16.5. The molecule has 106 valence electrons. The maximum atomic E-state index is 5.35. The summed E-state index contributed by atoms with van der Waals surface area (Å²) >= 11 is 0. The molecule has 1 aromatic rings. The van der Waals surface area contributed by atoms with Crippen LogP contribution >= 0.6 is 0 Å². The molecular formula is C12H22N6O. The Hall–Kier alpha value is -1.63. The maximum Gasteiger partial charge on any atom is 0.232 e. The third-order valence-electron chi connectivity index (χ3n) is 3.13. The number of nitrogens with one attached hydrogen (secondary N) is 2. The standard InChI is InChI=1S/C12H22N6O/c1-4-9(2)14-11-15-10(13-3)16-12(17-11)18-5-7-19-8-6-18/h9H,4-8H2,1-3H3,(H2,13,14,15,16,17). The number of hydrogen-bond acceptors (Lipinski definition) is 7. The van der Waals surface area contributed by atoms with Gasteiger partial charge in [-0.3, -0.25) is 0 Å². The first kappa shape index (κ1) is 13.8. The molecule has 7 heteroatoms. The van der Waals surface area contributed by atoms with E-state index in [-0.39, 0.29) is 0 Å². The lowest BCUT2D eigenvalue weighted by molar-refractivity contribution is 0.122. The summed E-state index contributed by atoms with van der Waals surface area (Å²) in [6, 6.07) is 0.338. The molecule has 19 heavy (non-hydrogen) atoms. The van der Waals surface area contributed by atoms with E-state index >= 15 is 0 Å². The van der Waals surface area contributed by atoms with Crippen molar-refractivity contribution < 1.29 is 4.74 Å². The Kier molecular flexibility index (Phi) is 4.73. The third kappa shape index (κ3) is 3.66. The van der Waals surface area contributed by atoms with E-state index in [0.29, 0.717) is 37.1 Å². The van der Waals surface area contributed by atoms with Gasteiger partial charge < -0.3 is 20.3 Å². The number of rotatable bonds is 5. The normalized spacial score (nSPS) is 17.1. The van der Waals surface area contributed by atoms with E-state index in [1.807, 2.05) is 7.05 Å². The SMILES string of the molecule is CCC(C)Nc1nc(NC)nc(N2CCOCC2)n1. The van der Waals surface area contributed by atoms with Crippen molar-refractivity contribution >= 4 is 17.8 Å². The van der Waals surface area contributed by atoms with Crippen LogP contribution in [-0.4, -0.2) is 54.3 Å². The zero-order chi connectivity index (χ0) is 13.7. The van der Waals surface area contributed by atoms with Gasteiger partial charge in [-0.05, 0) is 13.3 Å². The van der Waals surface area contributed by atoms with Crippen LogP contribution in [0.5, 0.6) is 0 Å². The number of aromatic nitrogens is 3. The molecular weight excluding hydrogens is 244 g/mol. The molecule has 2 N–H and O–H groups in total. The van der Waals surface area contributed by atoms with Crippen LogP contribution in [0.15, 0.2) is 0 Å². The smallest absolute Gasteiger partial charge is 0.232 e. The van der Waals surface area contributed by atoms with Gasteiger partial charge in [0.05, 0.1) is 13.2 Å². The lowest BCUT2D eigenvalue weighted by Crippen LogP contribution is -2.37. The molecule has 2 rings (SSSR count). The third-order valence-corrected chi connectivity index (χ3v) is 3.13. The second-order valence-electron chi connectivity index (χ2n) is 4.59. The van der Waals surface area contributed by atoms with E-state index < -0.39 is 0 Å². The Morgan fingerprint density at radius 3 is 2.53 bits per heavy atom. The summed E-state index contributed by atoms with van der Waals surface area (Å²) in [7, 11) is 1.81. The highest BCUT2D eigenvalue weighted by Gasteiger charge is 2.16. The van der Waals surface area contributed by atoms with E-state index in [2.05, 4.69) is 44.3 Å². The number of ether oxygens (including phenoxy) is 1. The van der Waals surface area contributed by atoms with Crippen LogP contribution in [0.1, 0.15) is 20.3 Å². The molecule has 0 radical (unpaired) electrons. The summed E-state index contributed by atoms with van der Waals surface area (Å²) < 4.78 is 5.35. The van der Waals surface area contributed by atoms with Crippen molar-refractivity contribution in [2.45, 2.75) is 26.3 Å². The number of nitrogens with zero attached hydrogens (tertiary/aromatic N) is 4. The summed E-state index contributed by atoms with van der Waals surface area (Å²) in [5, 5.41) is 6.26. The fraction of sp³-hybridized carbons (Fsp3) is 0.750. The molecule has 0 bridgehead atoms. The van der Waals surface area contributed by atoms with Crippen LogP contribution in [0.25, 0.3) is 0 Å². The van der Waals surface area contributed by atoms with Crippen molar-refractivity contribution in [2.75, 3.05) is 48.9 Å². The molecule has 7 nitrogen and oxygen atoms in total. The predicted molar refractivity (Wildman–Crippen MR) is 75.8 cm³/mol. The molecule has 1 aliphatic rings. The quantitative estimate of drug-likeness (QED) is 0.822. The molecule has 1 aliphatic heterocycles. The van der Waals surface area contributed by atoms with E-state index in [0.717, 1.165) is 19.5 Å². The lowest BCUT2D eigenvalue weighted by atomic mass is 10.3. The fourth-order valence-electron chi connectivity index (χ4n) is 1.77. The maximum absolute atomic E-state index is 5.35. The molecule has 0 aromatic carbocycles. The van der Waals surface area contributed by atoms with Crippen molar-refractivity contribution in [3.05, 3.63) is 0 Å². The van der Waals surface area contributed by atoms with Gasteiger partial charge in [0.15, 0.2) is 0 Å². The zero-order valence-electron chi connectivity index (χ0n) is 11.8. The Morgan fingerprint density at radius 1 is 1.21 bits per heavy atom. The molecule has 2 heterocycles. The van der Waals surface area contributed by atoms with Crippen molar-refractivity contribution in [3.63, 3.8) is 0 Å². The second-order valence-corrected chi connectivity index (χ2v) is 4.59. The number of morpholine rings is 1. The summed E-state index contributed by atoms with van der Waals surface area (Å²) in [6.45, 7) is 7.30. The first-order valence-electron chi connectivity index (χ1n) is 6.76. The molecule has 1 unspecified atom stereocenters. The van der Waals surface area contributed by atoms with Gasteiger partial charge in [0.2, 0.25) is 17.8 Å². The van der Waals surface area contributed by atoms with E-state index in [9.17, 15) is 0 Å². The Bertz CT molecular complexity index is 407. The zero-order valence-corrected chi connectivity index (χ0v) is 11.8. The summed E-state index contributed by atoms with van der Waals surface area (Å²) in [5.41, 5.74) is 0. The fourth-order valence-corrected chi connectivity index (χ4v) is 1.77. The van der Waals surface area contributed by atoms with Gasteiger partial charge in [-0.1, -0.05) is 6.92 Å². The predicted octanol–water partition coefficient (Wildman–Crippen LogP) is 0.960. The van der Waals surface area contributed by atoms with Crippen LogP contribution < -0.4 is 15.5 Å². The van der Waals surface area contributed by atoms with E-state index in [1.165, 1.54) is 0 Å². The molecule has 1 atom stereocenters. The second kappa shape index (κ2) is 6.51. The molecule has 0 amide bonds. The molecule has 1 saturated heterocycles. The van der Waals surface area contributed by atoms with Crippen molar-refractivity contribution in [2.24, 2.45) is 0 Å². The summed E-state index contributed by atoms with van der Waals surface area (Å²) in [6.07, 6.45) is 1.02. The van der Waals surface area contributed by atoms with Crippen LogP contribution in [0.3, 0.4) is 0 Å². The first-order valence-corrected chi connectivity index (χ1v) is 6.76. The number of hydrogen-bond donors (Lipinski definition) is 2. The van der Waals surface area contributed by atoms with Gasteiger partial charge in [0.25, 0.3) is 0 Å². The van der Waals surface area contributed by atoms with Gasteiger partial charge in [-0.2, -0.15) is 15.0 Å². The minimum atomic E-state index is 0.338. The summed E-state index contributed by atoms with van der Waals surface area (Å²) in [5.74, 6) is 1.91. The average molecular weight is 266 g/mol. The molecule has 1 aromatic heterocycles. The van der Waals surface area contributed by atoms with Crippen molar-refractivity contribution in [1.29, 1.82) is 0 Å². The molecule has 0 spiro atoms. The van der Waals surface area contributed by atoms with E-state index in [1.54, 1.807) is 0 Å². The van der Waals surface area contributed by atoms with Crippen LogP contribution in [-0.2, 0) is 4.74 Å². The Labute approximate surface area is 113 Å². The van der Waals surface area contributed by atoms with Gasteiger partial charge >= 0.3 is 0 Å². The number of anilines is 3. The molecule has 0 saturated carbocycles. The minimum absolute atomic E-state index is 0.338. The largest absolute Gasteiger partial charge is 0.378 e. The summed E-state index contributed by atoms with van der Waals surface area (Å²) in [4.78, 5) is 15.3. The van der Waals surface area contributed by atoms with Crippen LogP contribution in [0.4, 0.5) is 17.8 Å². The van der Waals surface area contributed by atoms with Gasteiger partial charge in [0.1, 0.15) is 0 Å². The molecule has 0 aliphatic carbocycles. The highest BCUT2D eigenvalue weighted by molar-refractivity contribution is 5.44. The average Bonchev–Trinajstić information content (AvgIpc) is 2.47. The van der Waals surface area contributed by atoms with E-state index in [4.69, 9.17) is 4.74 Å². The van der Waals surface area contributed by atoms with Gasteiger partial charge in [-0.15, -0.1) is 0 Å². The van der Waals surface area contributed by atoms with Gasteiger partial charge in [-0.25, -0.2) is 0 Å². The van der Waals surface area contributed by atoms with Crippen LogP contribution in [0, 0.1) is 0 Å². The van der Waals surface area contributed by atoms with Crippen molar-refractivity contribution in [1.82, 2.24) is 15.0 Å². The topological polar surface area (TPSA) is 75.2 Å². The minimum Gasteiger partial charge on any atom is -0.378 e. The van der Waals surface area contributed by atoms with Gasteiger partial charge in [0, 0.05) is 26.2 Å². The van der Waals surface area contributed by atoms with Crippen molar-refractivity contribution in [3.8, 4) is 0 Å². The lowest BCUT2D eigenvalue weighted by Gasteiger charge is -2.27. The Morgan fingerprint density at radius 2 is 1.89 bits per heavy atom.